The van der Waals surface area contributed by atoms with Gasteiger partial charge in [-0.2, -0.15) is 8.42 Å². The van der Waals surface area contributed by atoms with Crippen LogP contribution in [0.1, 0.15) is 18.1 Å². The maximum absolute atomic E-state index is 12.4. The van der Waals surface area contributed by atoms with E-state index in [0.717, 1.165) is 5.56 Å². The number of hydrogen-bond acceptors (Lipinski definition) is 10. The summed E-state index contributed by atoms with van der Waals surface area (Å²) in [5, 5.41) is 5.60. The fourth-order valence-corrected chi connectivity index (χ4v) is 4.04. The lowest BCUT2D eigenvalue weighted by atomic mass is 10.1. The van der Waals surface area contributed by atoms with Gasteiger partial charge in [-0.1, -0.05) is 34.9 Å². The molecule has 0 unspecified atom stereocenters. The number of methoxy groups -OCH3 is 1. The number of esters is 2. The number of benzene rings is 2. The van der Waals surface area contributed by atoms with Gasteiger partial charge in [-0.05, 0) is 42.3 Å². The zero-order valence-corrected chi connectivity index (χ0v) is 21.8. The molecule has 13 nitrogen and oxygen atoms in total. The van der Waals surface area contributed by atoms with E-state index in [-0.39, 0.29) is 17.9 Å². The molecule has 0 fully saturated rings. The predicted octanol–water partition coefficient (Wildman–Crippen LogP) is 2.22. The van der Waals surface area contributed by atoms with Crippen LogP contribution in [0.4, 0.5) is 0 Å². The van der Waals surface area contributed by atoms with Crippen molar-refractivity contribution in [2.45, 2.75) is 37.3 Å². The van der Waals surface area contributed by atoms with E-state index in [1.807, 2.05) is 6.92 Å². The van der Waals surface area contributed by atoms with Crippen LogP contribution in [0.15, 0.2) is 58.5 Å². The normalized spacial score (nSPS) is 12.4. The lowest BCUT2D eigenvalue weighted by Gasteiger charge is -2.18. The van der Waals surface area contributed by atoms with E-state index in [9.17, 15) is 22.8 Å². The molecule has 38 heavy (non-hydrogen) atoms. The smallest absolute Gasteiger partial charge is 0.328 e. The van der Waals surface area contributed by atoms with Crippen molar-refractivity contribution >= 4 is 28.0 Å². The molecule has 0 saturated heterocycles. The predicted molar refractivity (Wildman–Crippen MR) is 133 cm³/mol. The molecule has 204 valence electrons. The Hall–Kier alpha value is -4.13. The monoisotopic (exact) mass is 548 g/mol. The Labute approximate surface area is 219 Å². The second-order valence-corrected chi connectivity index (χ2v) is 9.59. The van der Waals surface area contributed by atoms with E-state index in [1.165, 1.54) is 26.2 Å². The van der Waals surface area contributed by atoms with Crippen molar-refractivity contribution in [1.82, 2.24) is 5.32 Å². The molecule has 0 spiro atoms. The van der Waals surface area contributed by atoms with E-state index in [4.69, 9.17) is 23.9 Å². The second-order valence-electron chi connectivity index (χ2n) is 7.97. The quantitative estimate of drug-likeness (QED) is 0.122. The number of azide groups is 1. The molecule has 0 aliphatic heterocycles. The van der Waals surface area contributed by atoms with Crippen molar-refractivity contribution in [2.75, 3.05) is 26.9 Å². The molecule has 0 radical (unpaired) electrons. The molecular formula is C24H28N4O9S. The number of nitrogens with zero attached hydrogens (tertiary/aromatic N) is 3. The van der Waals surface area contributed by atoms with Crippen molar-refractivity contribution < 1.29 is 41.2 Å². The topological polar surface area (TPSA) is 183 Å². The molecule has 0 saturated carbocycles. The first-order valence-electron chi connectivity index (χ1n) is 11.3. The highest BCUT2D eigenvalue weighted by molar-refractivity contribution is 7.86. The van der Waals surface area contributed by atoms with Crippen LogP contribution in [0.5, 0.6) is 5.75 Å². The molecule has 0 aliphatic carbocycles. The standard InChI is InChI=1S/C24H28N4O9S/c1-16-4-10-21(11-5-16)38(32,33)36-15-20(37-17(2)29)14-35-19-8-6-18(7-9-19)12-22(24(31)34-3)27-23(30)13-26-28-25/h4-11,20,22H,12-15H2,1-3H3,(H,27,30)/t20-,22+/m1/s1. The largest absolute Gasteiger partial charge is 0.490 e. The van der Waals surface area contributed by atoms with E-state index < -0.39 is 53.3 Å². The number of hydrogen-bond donors (Lipinski definition) is 1. The number of carbonyl (C=O) groups excluding carboxylic acids is 3. The second kappa shape index (κ2) is 14.6. The van der Waals surface area contributed by atoms with Crippen molar-refractivity contribution in [2.24, 2.45) is 5.11 Å². The molecule has 0 heterocycles. The summed E-state index contributed by atoms with van der Waals surface area (Å²) in [6.45, 7) is 1.89. The maximum Gasteiger partial charge on any atom is 0.328 e. The van der Waals surface area contributed by atoms with Crippen LogP contribution in [0.2, 0.25) is 0 Å². The van der Waals surface area contributed by atoms with Gasteiger partial charge in [0.2, 0.25) is 5.91 Å². The first kappa shape index (κ1) is 30.1. The minimum atomic E-state index is -4.07. The highest BCUT2D eigenvalue weighted by atomic mass is 32.2. The van der Waals surface area contributed by atoms with Crippen LogP contribution in [-0.4, -0.2) is 65.3 Å². The summed E-state index contributed by atoms with van der Waals surface area (Å²) >= 11 is 0. The number of amides is 1. The Morgan fingerprint density at radius 2 is 1.71 bits per heavy atom. The molecule has 0 aromatic heterocycles. The summed E-state index contributed by atoms with van der Waals surface area (Å²) in [4.78, 5) is 37.8. The molecule has 2 rings (SSSR count). The van der Waals surface area contributed by atoms with Gasteiger partial charge in [0.25, 0.3) is 10.1 Å². The zero-order valence-electron chi connectivity index (χ0n) is 21.0. The summed E-state index contributed by atoms with van der Waals surface area (Å²) < 4.78 is 45.4. The van der Waals surface area contributed by atoms with Gasteiger partial charge >= 0.3 is 11.9 Å². The fourth-order valence-electron chi connectivity index (χ4n) is 3.11. The van der Waals surface area contributed by atoms with Crippen LogP contribution < -0.4 is 10.1 Å². The SMILES string of the molecule is COC(=O)[C@H](Cc1ccc(OC[C@H](COS(=O)(=O)c2ccc(C)cc2)OC(C)=O)cc1)NC(=O)CN=[N+]=[N-]. The van der Waals surface area contributed by atoms with Crippen LogP contribution >= 0.6 is 0 Å². The van der Waals surface area contributed by atoms with Gasteiger partial charge in [0.15, 0.2) is 6.10 Å². The Kier molecular flexibility index (Phi) is 11.5. The van der Waals surface area contributed by atoms with Crippen molar-refractivity contribution in [3.05, 3.63) is 70.1 Å². The van der Waals surface area contributed by atoms with Crippen molar-refractivity contribution in [3.63, 3.8) is 0 Å². The Morgan fingerprint density at radius 3 is 2.29 bits per heavy atom. The average molecular weight is 549 g/mol. The van der Waals surface area contributed by atoms with E-state index in [0.29, 0.717) is 11.3 Å². The third-order valence-corrected chi connectivity index (χ3v) is 6.24. The third-order valence-electron chi connectivity index (χ3n) is 4.95. The molecule has 2 aromatic carbocycles. The molecule has 14 heteroatoms. The van der Waals surface area contributed by atoms with Gasteiger partial charge in [-0.15, -0.1) is 0 Å². The van der Waals surface area contributed by atoms with Gasteiger partial charge in [0.1, 0.15) is 31.5 Å². The average Bonchev–Trinajstić information content (AvgIpc) is 2.89. The molecular weight excluding hydrogens is 520 g/mol. The summed E-state index contributed by atoms with van der Waals surface area (Å²) in [6, 6.07) is 11.6. The van der Waals surface area contributed by atoms with E-state index >= 15 is 0 Å². The first-order valence-corrected chi connectivity index (χ1v) is 12.7. The van der Waals surface area contributed by atoms with Gasteiger partial charge < -0.3 is 19.5 Å². The first-order chi connectivity index (χ1) is 18.0. The summed E-state index contributed by atoms with van der Waals surface area (Å²) in [5.41, 5.74) is 9.86. The Balaban J connectivity index is 1.99. The van der Waals surface area contributed by atoms with Gasteiger partial charge in [-0.25, -0.2) is 4.79 Å². The van der Waals surface area contributed by atoms with Crippen molar-refractivity contribution in [1.29, 1.82) is 0 Å². The molecule has 1 amide bonds. The van der Waals surface area contributed by atoms with Gasteiger partial charge in [-0.3, -0.25) is 13.8 Å². The number of carbonyl (C=O) groups is 3. The van der Waals surface area contributed by atoms with Gasteiger partial charge in [0, 0.05) is 18.3 Å². The molecule has 1 N–H and O–H groups in total. The number of rotatable bonds is 14. The van der Waals surface area contributed by atoms with Gasteiger partial charge in [0.05, 0.1) is 12.0 Å². The van der Waals surface area contributed by atoms with Crippen LogP contribution in [0.3, 0.4) is 0 Å². The summed E-state index contributed by atoms with van der Waals surface area (Å²) in [6.07, 6.45) is -0.919. The summed E-state index contributed by atoms with van der Waals surface area (Å²) in [5.74, 6) is -1.58. The van der Waals surface area contributed by atoms with Crippen LogP contribution in [0.25, 0.3) is 10.4 Å². The highest BCUT2D eigenvalue weighted by Crippen LogP contribution is 2.17. The molecule has 2 aromatic rings. The number of ether oxygens (including phenoxy) is 3. The lowest BCUT2D eigenvalue weighted by molar-refractivity contribution is -0.149. The lowest BCUT2D eigenvalue weighted by Crippen LogP contribution is -2.43. The van der Waals surface area contributed by atoms with Crippen molar-refractivity contribution in [3.8, 4) is 5.75 Å². The Morgan fingerprint density at radius 1 is 1.05 bits per heavy atom. The number of aryl methyl sites for hydroxylation is 1. The van der Waals surface area contributed by atoms with Crippen LogP contribution in [0, 0.1) is 6.92 Å². The molecule has 0 bridgehead atoms. The zero-order chi connectivity index (χ0) is 28.1. The Bertz CT molecular complexity index is 1260. The third kappa shape index (κ3) is 10.1. The molecule has 2 atom stereocenters. The van der Waals surface area contributed by atoms with Crippen LogP contribution in [-0.2, 0) is 44.6 Å². The minimum absolute atomic E-state index is 0.0274. The minimum Gasteiger partial charge on any atom is -0.490 e. The highest BCUT2D eigenvalue weighted by Gasteiger charge is 2.23. The summed E-state index contributed by atoms with van der Waals surface area (Å²) in [7, 11) is -2.89. The van der Waals surface area contributed by atoms with E-state index in [1.54, 1.807) is 36.4 Å². The fraction of sp³-hybridized carbons (Fsp3) is 0.375. The number of nitrogens with one attached hydrogen (secondary N) is 1. The van der Waals surface area contributed by atoms with E-state index in [2.05, 4.69) is 15.3 Å². The maximum atomic E-state index is 12.4. The molecule has 0 aliphatic rings.